The molecule has 0 bridgehead atoms. The molecule has 1 aromatic rings. The number of carbonyl (C=O) groups excluding carboxylic acids is 1. The molecule has 0 atom stereocenters. The molecule has 0 aliphatic heterocycles. The third kappa shape index (κ3) is 1.92. The van der Waals surface area contributed by atoms with Gasteiger partial charge >= 0.3 is 0 Å². The maximum absolute atomic E-state index is 10.9. The highest BCUT2D eigenvalue weighted by molar-refractivity contribution is 6.32. The van der Waals surface area contributed by atoms with Crippen molar-refractivity contribution < 1.29 is 9.53 Å². The molecule has 0 aliphatic carbocycles. The van der Waals surface area contributed by atoms with Gasteiger partial charge < -0.3 is 10.5 Å². The van der Waals surface area contributed by atoms with Crippen LogP contribution < -0.4 is 10.5 Å². The van der Waals surface area contributed by atoms with Crippen LogP contribution in [0.2, 0.25) is 5.02 Å². The summed E-state index contributed by atoms with van der Waals surface area (Å²) in [7, 11) is 1.52. The Hall–Kier alpha value is -1.22. The predicted octanol–water partition coefficient (Wildman–Crippen LogP) is 1.76. The summed E-state index contributed by atoms with van der Waals surface area (Å²) in [5.41, 5.74) is 6.32. The molecule has 0 radical (unpaired) electrons. The Morgan fingerprint density at radius 2 is 2.15 bits per heavy atom. The molecule has 0 spiro atoms. The first kappa shape index (κ1) is 9.86. The highest BCUT2D eigenvalue weighted by Crippen LogP contribution is 2.27. The number of hydrogen-bond donors (Lipinski definition) is 1. The van der Waals surface area contributed by atoms with Gasteiger partial charge in [-0.3, -0.25) is 4.79 Å². The maximum atomic E-state index is 10.9. The van der Waals surface area contributed by atoms with Crippen molar-refractivity contribution in [3.63, 3.8) is 0 Å². The van der Waals surface area contributed by atoms with Crippen molar-refractivity contribution in [2.24, 2.45) is 5.73 Å². The number of nitrogens with two attached hydrogens (primary N) is 1. The van der Waals surface area contributed by atoms with E-state index in [1.165, 1.54) is 13.2 Å². The van der Waals surface area contributed by atoms with Gasteiger partial charge in [0.15, 0.2) is 0 Å². The minimum Gasteiger partial charge on any atom is -0.495 e. The van der Waals surface area contributed by atoms with Crippen molar-refractivity contribution in [3.8, 4) is 5.75 Å². The molecular weight excluding hydrogens is 190 g/mol. The van der Waals surface area contributed by atoms with Crippen LogP contribution in [0.3, 0.4) is 0 Å². The van der Waals surface area contributed by atoms with Crippen molar-refractivity contribution >= 4 is 17.5 Å². The van der Waals surface area contributed by atoms with Crippen LogP contribution in [-0.4, -0.2) is 13.0 Å². The summed E-state index contributed by atoms with van der Waals surface area (Å²) in [5, 5.41) is 0.391. The van der Waals surface area contributed by atoms with Crippen molar-refractivity contribution in [2.45, 2.75) is 6.92 Å². The largest absolute Gasteiger partial charge is 0.495 e. The van der Waals surface area contributed by atoms with Crippen LogP contribution in [0.25, 0.3) is 0 Å². The van der Waals surface area contributed by atoms with Crippen LogP contribution >= 0.6 is 11.6 Å². The summed E-state index contributed by atoms with van der Waals surface area (Å²) in [6.45, 7) is 1.78. The lowest BCUT2D eigenvalue weighted by Gasteiger charge is -2.07. The van der Waals surface area contributed by atoms with Crippen LogP contribution in [0, 0.1) is 6.92 Å². The predicted molar refractivity (Wildman–Crippen MR) is 51.3 cm³/mol. The monoisotopic (exact) mass is 199 g/mol. The number of hydrogen-bond acceptors (Lipinski definition) is 2. The molecule has 0 saturated carbocycles. The second kappa shape index (κ2) is 3.66. The summed E-state index contributed by atoms with van der Waals surface area (Å²) >= 11 is 5.81. The highest BCUT2D eigenvalue weighted by Gasteiger charge is 2.09. The van der Waals surface area contributed by atoms with Crippen molar-refractivity contribution in [2.75, 3.05) is 7.11 Å². The molecule has 4 heteroatoms. The molecule has 0 aromatic heterocycles. The first-order valence-corrected chi connectivity index (χ1v) is 4.08. The van der Waals surface area contributed by atoms with Gasteiger partial charge in [-0.05, 0) is 24.6 Å². The number of ether oxygens (including phenoxy) is 1. The Labute approximate surface area is 81.4 Å². The molecule has 1 rings (SSSR count). The van der Waals surface area contributed by atoms with E-state index in [4.69, 9.17) is 22.1 Å². The molecule has 0 saturated heterocycles. The molecule has 1 amide bonds. The van der Waals surface area contributed by atoms with E-state index >= 15 is 0 Å². The average Bonchev–Trinajstić information content (AvgIpc) is 2.07. The van der Waals surface area contributed by atoms with E-state index in [0.717, 1.165) is 5.56 Å². The van der Waals surface area contributed by atoms with Gasteiger partial charge in [-0.15, -0.1) is 0 Å². The Balaban J connectivity index is 3.28. The van der Waals surface area contributed by atoms with Gasteiger partial charge in [0.1, 0.15) is 5.75 Å². The van der Waals surface area contributed by atoms with Gasteiger partial charge in [-0.1, -0.05) is 11.6 Å². The lowest BCUT2D eigenvalue weighted by molar-refractivity contribution is 0.0999. The number of amides is 1. The summed E-state index contributed by atoms with van der Waals surface area (Å²) in [4.78, 5) is 10.9. The van der Waals surface area contributed by atoms with Crippen LogP contribution in [-0.2, 0) is 0 Å². The minimum absolute atomic E-state index is 0.391. The van der Waals surface area contributed by atoms with E-state index in [0.29, 0.717) is 16.3 Å². The SMILES string of the molecule is COc1cc(C)c(C(N)=O)cc1Cl. The van der Waals surface area contributed by atoms with Gasteiger partial charge in [0.05, 0.1) is 12.1 Å². The molecule has 13 heavy (non-hydrogen) atoms. The van der Waals surface area contributed by atoms with Gasteiger partial charge in [-0.2, -0.15) is 0 Å². The van der Waals surface area contributed by atoms with Crippen molar-refractivity contribution in [1.29, 1.82) is 0 Å². The molecule has 70 valence electrons. The normalized spacial score (nSPS) is 9.77. The number of rotatable bonds is 2. The maximum Gasteiger partial charge on any atom is 0.249 e. The number of benzene rings is 1. The highest BCUT2D eigenvalue weighted by atomic mass is 35.5. The fourth-order valence-electron chi connectivity index (χ4n) is 1.08. The van der Waals surface area contributed by atoms with Crippen LogP contribution in [0.15, 0.2) is 12.1 Å². The van der Waals surface area contributed by atoms with Crippen LogP contribution in [0.1, 0.15) is 15.9 Å². The zero-order valence-corrected chi connectivity index (χ0v) is 8.18. The van der Waals surface area contributed by atoms with Gasteiger partial charge in [0.25, 0.3) is 0 Å². The first-order valence-electron chi connectivity index (χ1n) is 3.70. The van der Waals surface area contributed by atoms with E-state index in [2.05, 4.69) is 0 Å². The molecule has 3 nitrogen and oxygen atoms in total. The van der Waals surface area contributed by atoms with Gasteiger partial charge in [-0.25, -0.2) is 0 Å². The zero-order chi connectivity index (χ0) is 10.0. The number of halogens is 1. The van der Waals surface area contributed by atoms with Crippen molar-refractivity contribution in [1.82, 2.24) is 0 Å². The summed E-state index contributed by atoms with van der Waals surface area (Å²) in [6, 6.07) is 3.19. The molecular formula is C9H10ClNO2. The lowest BCUT2D eigenvalue weighted by atomic mass is 10.1. The lowest BCUT2D eigenvalue weighted by Crippen LogP contribution is -2.12. The van der Waals surface area contributed by atoms with Crippen molar-refractivity contribution in [3.05, 3.63) is 28.3 Å². The first-order chi connectivity index (χ1) is 6.06. The minimum atomic E-state index is -0.484. The molecule has 2 N–H and O–H groups in total. The Bertz CT molecular complexity index is 350. The van der Waals surface area contributed by atoms with E-state index in [1.807, 2.05) is 0 Å². The quantitative estimate of drug-likeness (QED) is 0.789. The fraction of sp³-hybridized carbons (Fsp3) is 0.222. The van der Waals surface area contributed by atoms with E-state index in [9.17, 15) is 4.79 Å². The van der Waals surface area contributed by atoms with Crippen LogP contribution in [0.5, 0.6) is 5.75 Å². The smallest absolute Gasteiger partial charge is 0.249 e. The van der Waals surface area contributed by atoms with Crippen LogP contribution in [0.4, 0.5) is 0 Å². The molecule has 0 heterocycles. The third-order valence-electron chi connectivity index (χ3n) is 1.76. The summed E-state index contributed by atoms with van der Waals surface area (Å²) < 4.78 is 4.98. The number of aryl methyl sites for hydroxylation is 1. The Morgan fingerprint density at radius 1 is 1.54 bits per heavy atom. The zero-order valence-electron chi connectivity index (χ0n) is 7.43. The average molecular weight is 200 g/mol. The molecule has 0 aliphatic rings. The Morgan fingerprint density at radius 3 is 2.62 bits per heavy atom. The molecule has 1 aromatic carbocycles. The molecule has 0 unspecified atom stereocenters. The fourth-order valence-corrected chi connectivity index (χ4v) is 1.32. The van der Waals surface area contributed by atoms with Gasteiger partial charge in [0.2, 0.25) is 5.91 Å². The number of methoxy groups -OCH3 is 1. The molecule has 0 fully saturated rings. The second-order valence-corrected chi connectivity index (χ2v) is 3.07. The number of carbonyl (C=O) groups is 1. The number of primary amides is 1. The van der Waals surface area contributed by atoms with E-state index in [1.54, 1.807) is 13.0 Å². The second-order valence-electron chi connectivity index (χ2n) is 2.67. The summed E-state index contributed by atoms with van der Waals surface area (Å²) in [5.74, 6) is 0.0613. The Kier molecular flexibility index (Phi) is 2.78. The standard InChI is InChI=1S/C9H10ClNO2/c1-5-3-8(13-2)7(10)4-6(5)9(11)12/h3-4H,1-2H3,(H2,11,12). The topological polar surface area (TPSA) is 52.3 Å². The van der Waals surface area contributed by atoms with E-state index in [-0.39, 0.29) is 0 Å². The van der Waals surface area contributed by atoms with E-state index < -0.39 is 5.91 Å². The van der Waals surface area contributed by atoms with Gasteiger partial charge in [0, 0.05) is 5.56 Å². The summed E-state index contributed by atoms with van der Waals surface area (Å²) in [6.07, 6.45) is 0. The third-order valence-corrected chi connectivity index (χ3v) is 2.06.